The maximum absolute atomic E-state index is 13.7. The topological polar surface area (TPSA) is 32.7 Å². The minimum absolute atomic E-state index is 0.0333. The third kappa shape index (κ3) is 3.94. The molecule has 4 heteroatoms. The summed E-state index contributed by atoms with van der Waals surface area (Å²) in [5.74, 6) is 0.777. The quantitative estimate of drug-likeness (QED) is 0.791. The predicted octanol–water partition coefficient (Wildman–Crippen LogP) is 4.60. The van der Waals surface area contributed by atoms with Crippen molar-refractivity contribution in [3.05, 3.63) is 65.5 Å². The molecule has 0 bridgehead atoms. The van der Waals surface area contributed by atoms with Crippen molar-refractivity contribution in [2.24, 2.45) is 11.8 Å². The van der Waals surface area contributed by atoms with Crippen molar-refractivity contribution < 1.29 is 14.2 Å². The summed E-state index contributed by atoms with van der Waals surface area (Å²) in [4.78, 5) is 2.52. The number of hydrogen-bond donors (Lipinski definition) is 1. The molecule has 1 aliphatic carbocycles. The van der Waals surface area contributed by atoms with E-state index in [4.69, 9.17) is 4.74 Å². The zero-order valence-corrected chi connectivity index (χ0v) is 16.8. The van der Waals surface area contributed by atoms with Crippen LogP contribution < -0.4 is 0 Å². The molecule has 1 aliphatic heterocycles. The molecule has 1 saturated carbocycles. The lowest BCUT2D eigenvalue weighted by Gasteiger charge is -2.31. The number of nitrogens with zero attached hydrogens (tertiary/aromatic N) is 1. The monoisotopic (exact) mass is 383 g/mol. The van der Waals surface area contributed by atoms with Gasteiger partial charge in [0.1, 0.15) is 0 Å². The number of hydrogen-bond acceptors (Lipinski definition) is 3. The summed E-state index contributed by atoms with van der Waals surface area (Å²) >= 11 is 0. The highest BCUT2D eigenvalue weighted by molar-refractivity contribution is 5.30. The van der Waals surface area contributed by atoms with Crippen LogP contribution in [-0.4, -0.2) is 42.4 Å². The Hall–Kier alpha value is -1.91. The van der Waals surface area contributed by atoms with E-state index in [1.165, 1.54) is 17.7 Å². The molecule has 2 unspecified atom stereocenters. The molecule has 3 nitrogen and oxygen atoms in total. The van der Waals surface area contributed by atoms with Crippen LogP contribution in [0.5, 0.6) is 5.75 Å². The van der Waals surface area contributed by atoms with Crippen LogP contribution in [0.1, 0.15) is 36.8 Å². The van der Waals surface area contributed by atoms with E-state index in [1.807, 2.05) is 13.2 Å². The van der Waals surface area contributed by atoms with Crippen LogP contribution in [0.25, 0.3) is 0 Å². The largest absolute Gasteiger partial charge is 0.505 e. The molecule has 0 amide bonds. The van der Waals surface area contributed by atoms with Gasteiger partial charge in [-0.2, -0.15) is 0 Å². The number of benzene rings is 2. The van der Waals surface area contributed by atoms with Gasteiger partial charge in [-0.05, 0) is 53.9 Å². The molecule has 150 valence electrons. The number of ether oxygens (including phenoxy) is 1. The lowest BCUT2D eigenvalue weighted by atomic mass is 9.91. The van der Waals surface area contributed by atoms with Gasteiger partial charge in [-0.25, -0.2) is 4.39 Å². The molecule has 1 saturated heterocycles. The number of aromatic hydroxyl groups is 1. The Labute approximate surface area is 167 Å². The van der Waals surface area contributed by atoms with Gasteiger partial charge in [0.25, 0.3) is 0 Å². The average molecular weight is 384 g/mol. The van der Waals surface area contributed by atoms with Gasteiger partial charge in [0.2, 0.25) is 0 Å². The van der Waals surface area contributed by atoms with Gasteiger partial charge < -0.3 is 14.7 Å². The minimum atomic E-state index is -0.534. The molecule has 0 aromatic heterocycles. The van der Waals surface area contributed by atoms with E-state index in [1.54, 1.807) is 0 Å². The maximum Gasteiger partial charge on any atom is 0.165 e. The Bertz CT molecular complexity index is 796. The van der Waals surface area contributed by atoms with Crippen LogP contribution in [0.2, 0.25) is 0 Å². The van der Waals surface area contributed by atoms with Gasteiger partial charge in [-0.1, -0.05) is 43.3 Å². The highest BCUT2D eigenvalue weighted by atomic mass is 19.1. The second-order valence-electron chi connectivity index (χ2n) is 8.81. The Kier molecular flexibility index (Phi) is 5.44. The van der Waals surface area contributed by atoms with Crippen LogP contribution >= 0.6 is 0 Å². The van der Waals surface area contributed by atoms with Gasteiger partial charge >= 0.3 is 0 Å². The van der Waals surface area contributed by atoms with E-state index < -0.39 is 5.82 Å². The molecule has 2 fully saturated rings. The van der Waals surface area contributed by atoms with Gasteiger partial charge in [-0.15, -0.1) is 0 Å². The average Bonchev–Trinajstić information content (AvgIpc) is 3.20. The highest BCUT2D eigenvalue weighted by Crippen LogP contribution is 2.47. The standard InChI is InChI=1S/C24H30FNO2/c1-17(19-8-9-23(27)22(25)10-19)14-26-15-20-12-24(28-2,13-21(20)16-26)11-18-6-4-3-5-7-18/h3-10,17,20-21,27H,11-16H2,1-2H3/t17?,20-,21+,24?. The van der Waals surface area contributed by atoms with Crippen molar-refractivity contribution in [2.45, 2.75) is 37.7 Å². The first-order chi connectivity index (χ1) is 13.5. The van der Waals surface area contributed by atoms with Crippen LogP contribution in [0.15, 0.2) is 48.5 Å². The van der Waals surface area contributed by atoms with Crippen LogP contribution in [0, 0.1) is 17.7 Å². The molecule has 2 aromatic rings. The van der Waals surface area contributed by atoms with Gasteiger partial charge in [-0.3, -0.25) is 0 Å². The fourth-order valence-electron chi connectivity index (χ4n) is 5.36. The highest BCUT2D eigenvalue weighted by Gasteiger charge is 2.49. The third-order valence-electron chi connectivity index (χ3n) is 6.80. The smallest absolute Gasteiger partial charge is 0.165 e. The van der Waals surface area contributed by atoms with E-state index in [2.05, 4.69) is 42.2 Å². The fourth-order valence-corrected chi connectivity index (χ4v) is 5.36. The van der Waals surface area contributed by atoms with E-state index in [-0.39, 0.29) is 17.3 Å². The van der Waals surface area contributed by atoms with E-state index in [9.17, 15) is 9.50 Å². The van der Waals surface area contributed by atoms with E-state index in [0.717, 1.165) is 44.5 Å². The molecule has 1 heterocycles. The zero-order valence-electron chi connectivity index (χ0n) is 16.8. The normalized spacial score (nSPS) is 28.4. The molecular weight excluding hydrogens is 353 g/mol. The third-order valence-corrected chi connectivity index (χ3v) is 6.80. The van der Waals surface area contributed by atoms with Gasteiger partial charge in [0.15, 0.2) is 11.6 Å². The van der Waals surface area contributed by atoms with E-state index >= 15 is 0 Å². The second kappa shape index (κ2) is 7.84. The Balaban J connectivity index is 1.36. The number of methoxy groups -OCH3 is 1. The summed E-state index contributed by atoms with van der Waals surface area (Å²) in [7, 11) is 1.86. The number of fused-ring (bicyclic) bond motifs is 1. The van der Waals surface area contributed by atoms with Crippen molar-refractivity contribution >= 4 is 0 Å². The summed E-state index contributed by atoms with van der Waals surface area (Å²) in [6.07, 6.45) is 3.21. The number of halogens is 1. The van der Waals surface area contributed by atoms with Crippen LogP contribution in [0.4, 0.5) is 4.39 Å². The first kappa shape index (κ1) is 19.4. The summed E-state index contributed by atoms with van der Waals surface area (Å²) in [5, 5.41) is 9.40. The van der Waals surface area contributed by atoms with Crippen molar-refractivity contribution in [1.82, 2.24) is 4.90 Å². The first-order valence-electron chi connectivity index (χ1n) is 10.3. The SMILES string of the molecule is COC1(Cc2ccccc2)C[C@H]2CN(CC(C)c3ccc(O)c(F)c3)C[C@H]2C1. The molecule has 28 heavy (non-hydrogen) atoms. The second-order valence-corrected chi connectivity index (χ2v) is 8.81. The van der Waals surface area contributed by atoms with Crippen molar-refractivity contribution in [2.75, 3.05) is 26.7 Å². The van der Waals surface area contributed by atoms with Gasteiger partial charge in [0.05, 0.1) is 5.60 Å². The fraction of sp³-hybridized carbons (Fsp3) is 0.500. The zero-order chi connectivity index (χ0) is 19.7. The Morgan fingerprint density at radius 1 is 1.14 bits per heavy atom. The summed E-state index contributed by atoms with van der Waals surface area (Å²) in [5.41, 5.74) is 2.26. The molecule has 1 N–H and O–H groups in total. The molecule has 4 rings (SSSR count). The lowest BCUT2D eigenvalue weighted by molar-refractivity contribution is -0.0131. The van der Waals surface area contributed by atoms with Crippen molar-refractivity contribution in [1.29, 1.82) is 0 Å². The summed E-state index contributed by atoms with van der Waals surface area (Å²) < 4.78 is 19.7. The number of likely N-dealkylation sites (tertiary alicyclic amines) is 1. The molecule has 2 aromatic carbocycles. The van der Waals surface area contributed by atoms with Crippen molar-refractivity contribution in [3.63, 3.8) is 0 Å². The summed E-state index contributed by atoms with van der Waals surface area (Å²) in [6, 6.07) is 15.4. The van der Waals surface area contributed by atoms with Crippen LogP contribution in [0.3, 0.4) is 0 Å². The van der Waals surface area contributed by atoms with Crippen LogP contribution in [-0.2, 0) is 11.2 Å². The first-order valence-corrected chi connectivity index (χ1v) is 10.3. The minimum Gasteiger partial charge on any atom is -0.505 e. The van der Waals surface area contributed by atoms with Gasteiger partial charge in [0, 0.05) is 33.2 Å². The molecule has 2 aliphatic rings. The molecule has 0 spiro atoms. The van der Waals surface area contributed by atoms with E-state index in [0.29, 0.717) is 11.8 Å². The predicted molar refractivity (Wildman–Crippen MR) is 109 cm³/mol. The van der Waals surface area contributed by atoms with Crippen molar-refractivity contribution in [3.8, 4) is 5.75 Å². The molecular formula is C24H30FNO2. The number of rotatable bonds is 6. The summed E-state index contributed by atoms with van der Waals surface area (Å²) in [6.45, 7) is 5.25. The lowest BCUT2D eigenvalue weighted by Crippen LogP contribution is -2.35. The number of phenols is 1. The Morgan fingerprint density at radius 2 is 1.82 bits per heavy atom. The molecule has 4 atom stereocenters. The maximum atomic E-state index is 13.7. The Morgan fingerprint density at radius 3 is 2.43 bits per heavy atom. The number of phenolic OH excluding ortho intramolecular Hbond substituents is 1. The molecule has 0 radical (unpaired) electrons.